The van der Waals surface area contributed by atoms with Gasteiger partial charge in [-0.25, -0.2) is 4.99 Å². The van der Waals surface area contributed by atoms with E-state index in [9.17, 15) is 13.2 Å². The van der Waals surface area contributed by atoms with Crippen LogP contribution in [0, 0.1) is 11.3 Å². The van der Waals surface area contributed by atoms with Gasteiger partial charge in [0.25, 0.3) is 0 Å². The van der Waals surface area contributed by atoms with Crippen molar-refractivity contribution in [1.29, 1.82) is 5.26 Å². The van der Waals surface area contributed by atoms with E-state index in [-0.39, 0.29) is 5.70 Å². The number of rotatable bonds is 3. The van der Waals surface area contributed by atoms with Crippen molar-refractivity contribution in [1.82, 2.24) is 4.98 Å². The zero-order valence-electron chi connectivity index (χ0n) is 9.20. The molecule has 0 saturated heterocycles. The lowest BCUT2D eigenvalue weighted by molar-refractivity contribution is -0.141. The molecule has 92 valence electrons. The lowest BCUT2D eigenvalue weighted by atomic mass is 10.1. The standard InChI is InChI=1S/C12H8F3N3/c1-8(6-17-9(2)5-16)10-3-4-11(18-7-10)12(13,14)15/h3-4,6-7H,1-2H2. The molecule has 0 unspecified atom stereocenters. The molecule has 0 aliphatic carbocycles. The minimum absolute atomic E-state index is 0.0176. The Morgan fingerprint density at radius 2 is 2.06 bits per heavy atom. The Bertz CT molecular complexity index is 533. The molecular weight excluding hydrogens is 243 g/mol. The third kappa shape index (κ3) is 3.56. The summed E-state index contributed by atoms with van der Waals surface area (Å²) in [5.41, 5.74) is -0.265. The molecule has 0 N–H and O–H groups in total. The minimum Gasteiger partial charge on any atom is -0.251 e. The number of alkyl halides is 3. The van der Waals surface area contributed by atoms with Gasteiger partial charge in [-0.15, -0.1) is 0 Å². The van der Waals surface area contributed by atoms with Crippen LogP contribution in [0.5, 0.6) is 0 Å². The van der Waals surface area contributed by atoms with Gasteiger partial charge in [-0.3, -0.25) is 4.98 Å². The predicted molar refractivity (Wildman–Crippen MR) is 61.5 cm³/mol. The number of aromatic nitrogens is 1. The zero-order chi connectivity index (χ0) is 13.8. The molecule has 0 spiro atoms. The fourth-order valence-corrected chi connectivity index (χ4v) is 1.01. The molecule has 0 bridgehead atoms. The number of nitriles is 1. The third-order valence-corrected chi connectivity index (χ3v) is 1.93. The highest BCUT2D eigenvalue weighted by atomic mass is 19.4. The van der Waals surface area contributed by atoms with E-state index in [0.29, 0.717) is 11.1 Å². The van der Waals surface area contributed by atoms with Gasteiger partial charge in [0, 0.05) is 18.0 Å². The molecule has 0 saturated carbocycles. The summed E-state index contributed by atoms with van der Waals surface area (Å²) < 4.78 is 36.8. The quantitative estimate of drug-likeness (QED) is 0.611. The first-order valence-electron chi connectivity index (χ1n) is 4.70. The SMILES string of the molecule is C=C(C#N)N=CC(=C)c1ccc(C(F)(F)F)nc1. The van der Waals surface area contributed by atoms with E-state index in [1.165, 1.54) is 12.3 Å². The predicted octanol–water partition coefficient (Wildman–Crippen LogP) is 3.22. The van der Waals surface area contributed by atoms with Crippen molar-refractivity contribution in [2.75, 3.05) is 0 Å². The van der Waals surface area contributed by atoms with Gasteiger partial charge in [0.2, 0.25) is 0 Å². The van der Waals surface area contributed by atoms with E-state index in [4.69, 9.17) is 5.26 Å². The van der Waals surface area contributed by atoms with Crippen LogP contribution in [-0.4, -0.2) is 11.2 Å². The van der Waals surface area contributed by atoms with Crippen LogP contribution in [0.1, 0.15) is 11.3 Å². The van der Waals surface area contributed by atoms with Crippen molar-refractivity contribution in [3.8, 4) is 6.07 Å². The number of halogens is 3. The first-order valence-corrected chi connectivity index (χ1v) is 4.70. The molecule has 1 rings (SSSR count). The zero-order valence-corrected chi connectivity index (χ0v) is 9.20. The van der Waals surface area contributed by atoms with Crippen molar-refractivity contribution >= 4 is 11.8 Å². The Balaban J connectivity index is 2.87. The summed E-state index contributed by atoms with van der Waals surface area (Å²) in [6, 6.07) is 3.79. The van der Waals surface area contributed by atoms with Crippen LogP contribution in [0.3, 0.4) is 0 Å². The van der Waals surface area contributed by atoms with Crippen LogP contribution in [-0.2, 0) is 6.18 Å². The monoisotopic (exact) mass is 251 g/mol. The molecule has 6 heteroatoms. The first kappa shape index (κ1) is 13.6. The van der Waals surface area contributed by atoms with Crippen LogP contribution in [0.25, 0.3) is 5.57 Å². The molecule has 0 aliphatic rings. The van der Waals surface area contributed by atoms with Crippen molar-refractivity contribution in [2.24, 2.45) is 4.99 Å². The lowest BCUT2D eigenvalue weighted by Gasteiger charge is -2.06. The van der Waals surface area contributed by atoms with E-state index in [2.05, 4.69) is 23.1 Å². The Morgan fingerprint density at radius 1 is 1.39 bits per heavy atom. The van der Waals surface area contributed by atoms with Gasteiger partial charge in [-0.1, -0.05) is 19.2 Å². The van der Waals surface area contributed by atoms with Gasteiger partial charge in [-0.05, 0) is 11.6 Å². The largest absolute Gasteiger partial charge is 0.433 e. The normalized spacial score (nSPS) is 11.2. The highest BCUT2D eigenvalue weighted by Gasteiger charge is 2.31. The van der Waals surface area contributed by atoms with E-state index < -0.39 is 11.9 Å². The second-order valence-corrected chi connectivity index (χ2v) is 3.27. The Hall–Kier alpha value is -2.42. The molecule has 0 aromatic carbocycles. The van der Waals surface area contributed by atoms with Crippen LogP contribution in [0.2, 0.25) is 0 Å². The van der Waals surface area contributed by atoms with E-state index in [1.807, 2.05) is 0 Å². The fourth-order valence-electron chi connectivity index (χ4n) is 1.01. The maximum absolute atomic E-state index is 12.3. The Morgan fingerprint density at radius 3 is 2.50 bits per heavy atom. The van der Waals surface area contributed by atoms with E-state index >= 15 is 0 Å². The molecule has 0 amide bonds. The lowest BCUT2D eigenvalue weighted by Crippen LogP contribution is -2.07. The number of hydrogen-bond donors (Lipinski definition) is 0. The number of pyridine rings is 1. The van der Waals surface area contributed by atoms with Crippen LogP contribution >= 0.6 is 0 Å². The molecule has 0 radical (unpaired) electrons. The Labute approximate surface area is 102 Å². The fraction of sp³-hybridized carbons (Fsp3) is 0.0833. The topological polar surface area (TPSA) is 49.0 Å². The summed E-state index contributed by atoms with van der Waals surface area (Å²) >= 11 is 0. The van der Waals surface area contributed by atoms with E-state index in [1.54, 1.807) is 6.07 Å². The molecule has 0 fully saturated rings. The third-order valence-electron chi connectivity index (χ3n) is 1.93. The van der Waals surface area contributed by atoms with Gasteiger partial charge in [0.15, 0.2) is 0 Å². The highest BCUT2D eigenvalue weighted by Crippen LogP contribution is 2.27. The minimum atomic E-state index is -4.47. The van der Waals surface area contributed by atoms with Crippen LogP contribution in [0.15, 0.2) is 42.2 Å². The van der Waals surface area contributed by atoms with Gasteiger partial charge >= 0.3 is 6.18 Å². The highest BCUT2D eigenvalue weighted by molar-refractivity contribution is 6.09. The van der Waals surface area contributed by atoms with Crippen molar-refractivity contribution in [2.45, 2.75) is 6.18 Å². The van der Waals surface area contributed by atoms with Crippen molar-refractivity contribution < 1.29 is 13.2 Å². The maximum Gasteiger partial charge on any atom is 0.433 e. The maximum atomic E-state index is 12.3. The summed E-state index contributed by atoms with van der Waals surface area (Å²) in [6.45, 7) is 6.92. The molecule has 3 nitrogen and oxygen atoms in total. The van der Waals surface area contributed by atoms with Gasteiger partial charge < -0.3 is 0 Å². The second kappa shape index (κ2) is 5.27. The number of nitrogens with zero attached hydrogens (tertiary/aromatic N) is 3. The van der Waals surface area contributed by atoms with Gasteiger partial charge in [0.1, 0.15) is 17.5 Å². The molecule has 18 heavy (non-hydrogen) atoms. The van der Waals surface area contributed by atoms with Crippen LogP contribution in [0.4, 0.5) is 13.2 Å². The smallest absolute Gasteiger partial charge is 0.251 e. The molecule has 0 atom stereocenters. The number of aliphatic imine (C=N–C) groups is 1. The average molecular weight is 251 g/mol. The van der Waals surface area contributed by atoms with Crippen molar-refractivity contribution in [3.63, 3.8) is 0 Å². The summed E-state index contributed by atoms with van der Waals surface area (Å²) in [4.78, 5) is 6.94. The Kier molecular flexibility index (Phi) is 4.00. The first-order chi connectivity index (χ1) is 8.34. The molecule has 1 aromatic heterocycles. The molecule has 1 heterocycles. The summed E-state index contributed by atoms with van der Waals surface area (Å²) in [5, 5.41) is 8.41. The van der Waals surface area contributed by atoms with Gasteiger partial charge in [0.05, 0.1) is 0 Å². The molecular formula is C12H8F3N3. The van der Waals surface area contributed by atoms with E-state index in [0.717, 1.165) is 12.3 Å². The number of hydrogen-bond acceptors (Lipinski definition) is 3. The summed E-state index contributed by atoms with van der Waals surface area (Å²) in [5.74, 6) is 0. The summed E-state index contributed by atoms with van der Waals surface area (Å²) in [7, 11) is 0. The van der Waals surface area contributed by atoms with Crippen molar-refractivity contribution in [3.05, 3.63) is 48.4 Å². The second-order valence-electron chi connectivity index (χ2n) is 3.27. The molecule has 1 aromatic rings. The summed E-state index contributed by atoms with van der Waals surface area (Å²) in [6.07, 6.45) is -2.18. The average Bonchev–Trinajstić information content (AvgIpc) is 2.34. The number of allylic oxidation sites excluding steroid dienone is 2. The molecule has 0 aliphatic heterocycles. The van der Waals surface area contributed by atoms with Gasteiger partial charge in [-0.2, -0.15) is 18.4 Å². The van der Waals surface area contributed by atoms with Crippen LogP contribution < -0.4 is 0 Å².